The molecule has 188 valence electrons. The van der Waals surface area contributed by atoms with E-state index in [0.29, 0.717) is 55.6 Å². The first-order valence-electron chi connectivity index (χ1n) is 11.7. The normalized spacial score (nSPS) is 18.5. The van der Waals surface area contributed by atoms with Gasteiger partial charge in [0.2, 0.25) is 0 Å². The number of aromatic nitrogens is 2. The lowest BCUT2D eigenvalue weighted by molar-refractivity contribution is -0.137. The second kappa shape index (κ2) is 10.4. The first kappa shape index (κ1) is 23.8. The zero-order valence-corrected chi connectivity index (χ0v) is 19.7. The number of hydrogen-bond donors (Lipinski definition) is 3. The van der Waals surface area contributed by atoms with Crippen molar-refractivity contribution in [2.24, 2.45) is 11.6 Å². The lowest BCUT2D eigenvalue weighted by Crippen LogP contribution is -2.40. The first-order chi connectivity index (χ1) is 17.5. The molecule has 3 aromatic rings. The lowest BCUT2D eigenvalue weighted by atomic mass is 10.1. The molecule has 36 heavy (non-hydrogen) atoms. The van der Waals surface area contributed by atoms with Gasteiger partial charge in [-0.05, 0) is 42.0 Å². The SMILES string of the molecule is N/C(=C\N(N)c1ccc(C(=O)N2CCOCC2)cc1)c1n[nH]c2ccc(CO[C@@H]3COC(=O)C3)cc12. The van der Waals surface area contributed by atoms with Gasteiger partial charge in [-0.15, -0.1) is 0 Å². The molecule has 11 nitrogen and oxygen atoms in total. The summed E-state index contributed by atoms with van der Waals surface area (Å²) in [6, 6.07) is 12.8. The Bertz CT molecular complexity index is 1280. The Morgan fingerprint density at radius 1 is 1.22 bits per heavy atom. The van der Waals surface area contributed by atoms with E-state index in [1.807, 2.05) is 18.2 Å². The van der Waals surface area contributed by atoms with Crippen molar-refractivity contribution in [3.8, 4) is 0 Å². The van der Waals surface area contributed by atoms with E-state index in [2.05, 4.69) is 10.2 Å². The van der Waals surface area contributed by atoms with Crippen LogP contribution in [0.25, 0.3) is 16.6 Å². The number of esters is 1. The predicted octanol–water partition coefficient (Wildman–Crippen LogP) is 1.50. The number of aromatic amines is 1. The Morgan fingerprint density at radius 3 is 2.72 bits per heavy atom. The summed E-state index contributed by atoms with van der Waals surface area (Å²) >= 11 is 0. The van der Waals surface area contributed by atoms with Crippen LogP contribution >= 0.6 is 0 Å². The first-order valence-corrected chi connectivity index (χ1v) is 11.7. The number of anilines is 1. The fraction of sp³-hybridized carbons (Fsp3) is 0.320. The van der Waals surface area contributed by atoms with Crippen LogP contribution in [-0.2, 0) is 25.6 Å². The molecular weight excluding hydrogens is 464 g/mol. The number of hydrazine groups is 1. The predicted molar refractivity (Wildman–Crippen MR) is 132 cm³/mol. The molecule has 2 aromatic carbocycles. The van der Waals surface area contributed by atoms with E-state index in [-0.39, 0.29) is 31.0 Å². The summed E-state index contributed by atoms with van der Waals surface area (Å²) in [4.78, 5) is 25.7. The number of nitrogens with zero attached hydrogens (tertiary/aromatic N) is 3. The van der Waals surface area contributed by atoms with Crippen molar-refractivity contribution in [2.45, 2.75) is 19.1 Å². The topological polar surface area (TPSA) is 149 Å². The van der Waals surface area contributed by atoms with Crippen molar-refractivity contribution in [1.82, 2.24) is 15.1 Å². The van der Waals surface area contributed by atoms with Crippen LogP contribution in [0.2, 0.25) is 0 Å². The minimum absolute atomic E-state index is 0.0293. The summed E-state index contributed by atoms with van der Waals surface area (Å²) in [7, 11) is 0. The Labute approximate surface area is 207 Å². The van der Waals surface area contributed by atoms with Gasteiger partial charge < -0.3 is 24.8 Å². The minimum atomic E-state index is -0.241. The molecule has 0 spiro atoms. The number of fused-ring (bicyclic) bond motifs is 1. The molecule has 11 heteroatoms. The molecule has 1 amide bonds. The van der Waals surface area contributed by atoms with Gasteiger partial charge in [-0.1, -0.05) is 6.07 Å². The number of nitrogens with one attached hydrogen (secondary N) is 1. The zero-order valence-electron chi connectivity index (χ0n) is 19.7. The maximum absolute atomic E-state index is 12.7. The molecule has 3 heterocycles. The summed E-state index contributed by atoms with van der Waals surface area (Å²) in [5.74, 6) is 5.97. The van der Waals surface area contributed by atoms with Gasteiger partial charge in [0.15, 0.2) is 0 Å². The van der Waals surface area contributed by atoms with E-state index in [4.69, 9.17) is 25.8 Å². The molecule has 0 bridgehead atoms. The van der Waals surface area contributed by atoms with Crippen molar-refractivity contribution < 1.29 is 23.8 Å². The van der Waals surface area contributed by atoms with E-state index in [1.165, 1.54) is 5.01 Å². The monoisotopic (exact) mass is 492 g/mol. The minimum Gasteiger partial charge on any atom is -0.463 e. The highest BCUT2D eigenvalue weighted by Gasteiger charge is 2.24. The van der Waals surface area contributed by atoms with Gasteiger partial charge in [-0.2, -0.15) is 5.10 Å². The van der Waals surface area contributed by atoms with Gasteiger partial charge in [-0.3, -0.25) is 19.7 Å². The fourth-order valence-electron chi connectivity index (χ4n) is 4.19. The van der Waals surface area contributed by atoms with E-state index >= 15 is 0 Å². The molecule has 2 aliphatic heterocycles. The van der Waals surface area contributed by atoms with Crippen molar-refractivity contribution >= 4 is 34.2 Å². The number of carbonyl (C=O) groups is 2. The molecule has 1 aromatic heterocycles. The standard InChI is InChI=1S/C25H28N6O5/c26-21(13-31(27)18-4-2-17(3-5-18)25(33)30-7-9-34-10-8-30)24-20-11-16(1-6-22(20)28-29-24)14-35-19-12-23(32)36-15-19/h1-6,11,13,19H,7-10,12,14-15,26-27H2,(H,28,29)/b21-13-/t19-/m0/s1. The molecule has 5 N–H and O–H groups in total. The number of carbonyl (C=O) groups excluding carboxylic acids is 2. The van der Waals surface area contributed by atoms with Crippen LogP contribution in [0, 0.1) is 0 Å². The highest BCUT2D eigenvalue weighted by molar-refractivity contribution is 5.95. The summed E-state index contributed by atoms with van der Waals surface area (Å²) in [6.07, 6.45) is 1.62. The average molecular weight is 493 g/mol. The van der Waals surface area contributed by atoms with Gasteiger partial charge in [0.05, 0.1) is 43.1 Å². The molecule has 0 saturated carbocycles. The second-order valence-electron chi connectivity index (χ2n) is 8.72. The number of amides is 1. The summed E-state index contributed by atoms with van der Waals surface area (Å²) in [5, 5.41) is 9.54. The van der Waals surface area contributed by atoms with Crippen LogP contribution in [0.5, 0.6) is 0 Å². The zero-order chi connectivity index (χ0) is 25.1. The third kappa shape index (κ3) is 5.18. The average Bonchev–Trinajstić information content (AvgIpc) is 3.53. The van der Waals surface area contributed by atoms with E-state index in [9.17, 15) is 9.59 Å². The number of morpholine rings is 1. The molecule has 0 unspecified atom stereocenters. The van der Waals surface area contributed by atoms with Crippen molar-refractivity contribution in [3.05, 3.63) is 65.5 Å². The number of H-pyrrole nitrogens is 1. The van der Waals surface area contributed by atoms with Crippen LogP contribution in [0.15, 0.2) is 48.7 Å². The molecular formula is C25H28N6O5. The quantitative estimate of drug-likeness (QED) is 0.253. The van der Waals surface area contributed by atoms with Crippen LogP contribution in [-0.4, -0.2) is 66.0 Å². The summed E-state index contributed by atoms with van der Waals surface area (Å²) in [5.41, 5.74) is 10.3. The number of ether oxygens (including phenoxy) is 3. The summed E-state index contributed by atoms with van der Waals surface area (Å²) in [6.45, 7) is 2.90. The number of nitrogens with two attached hydrogens (primary N) is 2. The van der Waals surface area contributed by atoms with E-state index in [1.54, 1.807) is 35.4 Å². The molecule has 0 radical (unpaired) electrons. The maximum atomic E-state index is 12.7. The summed E-state index contributed by atoms with van der Waals surface area (Å²) < 4.78 is 16.0. The molecule has 2 fully saturated rings. The highest BCUT2D eigenvalue weighted by atomic mass is 16.6. The smallest absolute Gasteiger partial charge is 0.308 e. The third-order valence-corrected chi connectivity index (χ3v) is 6.20. The van der Waals surface area contributed by atoms with Crippen LogP contribution in [0.4, 0.5) is 5.69 Å². The molecule has 1 atom stereocenters. The van der Waals surface area contributed by atoms with Crippen LogP contribution < -0.4 is 16.6 Å². The van der Waals surface area contributed by atoms with Gasteiger partial charge >= 0.3 is 5.97 Å². The highest BCUT2D eigenvalue weighted by Crippen LogP contribution is 2.24. The number of cyclic esters (lactones) is 1. The Kier molecular flexibility index (Phi) is 6.85. The van der Waals surface area contributed by atoms with Gasteiger partial charge in [0.1, 0.15) is 18.4 Å². The van der Waals surface area contributed by atoms with Gasteiger partial charge in [0, 0.05) is 30.2 Å². The fourth-order valence-corrected chi connectivity index (χ4v) is 4.19. The number of benzene rings is 2. The lowest BCUT2D eigenvalue weighted by Gasteiger charge is -2.27. The largest absolute Gasteiger partial charge is 0.463 e. The van der Waals surface area contributed by atoms with Gasteiger partial charge in [-0.25, -0.2) is 5.84 Å². The molecule has 0 aliphatic carbocycles. The Balaban J connectivity index is 1.28. The number of rotatable bonds is 7. The van der Waals surface area contributed by atoms with E-state index in [0.717, 1.165) is 16.5 Å². The van der Waals surface area contributed by atoms with Crippen molar-refractivity contribution in [1.29, 1.82) is 0 Å². The van der Waals surface area contributed by atoms with Crippen LogP contribution in [0.1, 0.15) is 28.0 Å². The van der Waals surface area contributed by atoms with Gasteiger partial charge in [0.25, 0.3) is 5.91 Å². The third-order valence-electron chi connectivity index (χ3n) is 6.20. The molecule has 5 rings (SSSR count). The van der Waals surface area contributed by atoms with Crippen LogP contribution in [0.3, 0.4) is 0 Å². The number of hydrogen-bond acceptors (Lipinski definition) is 9. The van der Waals surface area contributed by atoms with Crippen molar-refractivity contribution in [3.63, 3.8) is 0 Å². The molecule has 2 saturated heterocycles. The second-order valence-corrected chi connectivity index (χ2v) is 8.72. The maximum Gasteiger partial charge on any atom is 0.308 e. The Hall–Kier alpha value is -3.93. The van der Waals surface area contributed by atoms with E-state index < -0.39 is 0 Å². The molecule has 2 aliphatic rings. The Morgan fingerprint density at radius 2 is 2.00 bits per heavy atom. The van der Waals surface area contributed by atoms with Crippen molar-refractivity contribution in [2.75, 3.05) is 37.9 Å².